The van der Waals surface area contributed by atoms with Crippen LogP contribution in [0, 0.1) is 6.92 Å². The highest BCUT2D eigenvalue weighted by Crippen LogP contribution is 2.20. The standard InChI is InChI=1S/C23H38N4O3.HI/c1-7-29-20-13-8-17(14-16(20)2)15-25-21(24-6)26-18-9-11-19(12-10-18)27-22(28)30-23(3,4)5;/h8,13-14,18-19H,7,9-12,15H2,1-6H3,(H,27,28)(H2,24,25,26);1H. The number of aliphatic imine (C=N–C) groups is 1. The SMILES string of the molecule is CCOc1ccc(CNC(=NC)NC2CCC(NC(=O)OC(C)(C)C)CC2)cc1C.I. The first-order valence-corrected chi connectivity index (χ1v) is 10.9. The lowest BCUT2D eigenvalue weighted by Gasteiger charge is -2.31. The Balaban J connectivity index is 0.00000480. The number of halogens is 1. The lowest BCUT2D eigenvalue weighted by Crippen LogP contribution is -2.47. The van der Waals surface area contributed by atoms with Crippen molar-refractivity contribution in [1.82, 2.24) is 16.0 Å². The molecule has 2 rings (SSSR count). The van der Waals surface area contributed by atoms with E-state index in [1.54, 1.807) is 7.05 Å². The Hall–Kier alpha value is -1.71. The molecule has 176 valence electrons. The summed E-state index contributed by atoms with van der Waals surface area (Å²) in [6, 6.07) is 6.74. The molecule has 0 aromatic heterocycles. The summed E-state index contributed by atoms with van der Waals surface area (Å²) in [6.07, 6.45) is 3.46. The van der Waals surface area contributed by atoms with Crippen LogP contribution in [0.15, 0.2) is 23.2 Å². The number of aryl methyl sites for hydroxylation is 1. The molecule has 1 aliphatic rings. The third-order valence-electron chi connectivity index (χ3n) is 5.01. The van der Waals surface area contributed by atoms with Gasteiger partial charge in [0, 0.05) is 25.7 Å². The molecular weight excluding hydrogens is 507 g/mol. The van der Waals surface area contributed by atoms with Crippen molar-refractivity contribution in [3.05, 3.63) is 29.3 Å². The van der Waals surface area contributed by atoms with Crippen LogP contribution in [0.2, 0.25) is 0 Å². The third-order valence-corrected chi connectivity index (χ3v) is 5.01. The molecule has 0 heterocycles. The molecule has 1 saturated carbocycles. The van der Waals surface area contributed by atoms with Gasteiger partial charge in [0.05, 0.1) is 6.61 Å². The van der Waals surface area contributed by atoms with Crippen LogP contribution in [0.1, 0.15) is 64.5 Å². The van der Waals surface area contributed by atoms with E-state index in [0.29, 0.717) is 19.2 Å². The third kappa shape index (κ3) is 9.97. The van der Waals surface area contributed by atoms with Crippen LogP contribution in [0.3, 0.4) is 0 Å². The van der Waals surface area contributed by atoms with Crippen molar-refractivity contribution in [2.75, 3.05) is 13.7 Å². The number of carbonyl (C=O) groups excluding carboxylic acids is 1. The highest BCUT2D eigenvalue weighted by molar-refractivity contribution is 14.0. The number of benzene rings is 1. The largest absolute Gasteiger partial charge is 0.494 e. The van der Waals surface area contributed by atoms with E-state index in [0.717, 1.165) is 43.0 Å². The molecule has 8 heteroatoms. The molecule has 0 radical (unpaired) electrons. The van der Waals surface area contributed by atoms with Gasteiger partial charge in [-0.25, -0.2) is 4.79 Å². The lowest BCUT2D eigenvalue weighted by atomic mass is 9.91. The Labute approximate surface area is 204 Å². The number of alkyl carbamates (subject to hydrolysis) is 1. The van der Waals surface area contributed by atoms with Gasteiger partial charge in [-0.3, -0.25) is 4.99 Å². The van der Waals surface area contributed by atoms with Gasteiger partial charge in [0.25, 0.3) is 0 Å². The van der Waals surface area contributed by atoms with Crippen LogP contribution < -0.4 is 20.7 Å². The zero-order valence-electron chi connectivity index (χ0n) is 19.7. The summed E-state index contributed by atoms with van der Waals surface area (Å²) in [6.45, 7) is 11.0. The van der Waals surface area contributed by atoms with Gasteiger partial charge in [0.15, 0.2) is 5.96 Å². The Morgan fingerprint density at radius 3 is 2.26 bits per heavy atom. The number of hydrogen-bond acceptors (Lipinski definition) is 4. The predicted molar refractivity (Wildman–Crippen MR) is 137 cm³/mol. The van der Waals surface area contributed by atoms with Gasteiger partial charge in [0.2, 0.25) is 0 Å². The molecule has 1 fully saturated rings. The second-order valence-electron chi connectivity index (χ2n) is 8.80. The molecule has 1 aromatic rings. The fraction of sp³-hybridized carbons (Fsp3) is 0.652. The number of guanidine groups is 1. The molecule has 31 heavy (non-hydrogen) atoms. The number of carbonyl (C=O) groups is 1. The van der Waals surface area contributed by atoms with Gasteiger partial charge in [-0.05, 0) is 77.5 Å². The molecule has 0 atom stereocenters. The highest BCUT2D eigenvalue weighted by atomic mass is 127. The molecule has 1 amide bonds. The summed E-state index contributed by atoms with van der Waals surface area (Å²) in [5.41, 5.74) is 1.85. The van der Waals surface area contributed by atoms with Crippen LogP contribution in [-0.2, 0) is 11.3 Å². The topological polar surface area (TPSA) is 84.0 Å². The molecule has 0 aliphatic heterocycles. The molecule has 3 N–H and O–H groups in total. The number of hydrogen-bond donors (Lipinski definition) is 3. The predicted octanol–water partition coefficient (Wildman–Crippen LogP) is 4.51. The minimum absolute atomic E-state index is 0. The maximum atomic E-state index is 11.9. The average molecular weight is 546 g/mol. The normalized spacial score (nSPS) is 19.1. The van der Waals surface area contributed by atoms with Crippen molar-refractivity contribution in [2.24, 2.45) is 4.99 Å². The van der Waals surface area contributed by atoms with Gasteiger partial charge >= 0.3 is 6.09 Å². The molecular formula is C23H39IN4O3. The van der Waals surface area contributed by atoms with Crippen molar-refractivity contribution >= 4 is 36.0 Å². The van der Waals surface area contributed by atoms with Gasteiger partial charge in [-0.15, -0.1) is 24.0 Å². The van der Waals surface area contributed by atoms with Crippen molar-refractivity contribution in [1.29, 1.82) is 0 Å². The van der Waals surface area contributed by atoms with Gasteiger partial charge < -0.3 is 25.4 Å². The quantitative estimate of drug-likeness (QED) is 0.278. The zero-order chi connectivity index (χ0) is 22.1. The van der Waals surface area contributed by atoms with Crippen molar-refractivity contribution in [3.8, 4) is 5.75 Å². The Bertz CT molecular complexity index is 726. The van der Waals surface area contributed by atoms with E-state index < -0.39 is 5.60 Å². The second-order valence-corrected chi connectivity index (χ2v) is 8.80. The molecule has 0 spiro atoms. The number of ether oxygens (including phenoxy) is 2. The Morgan fingerprint density at radius 2 is 1.74 bits per heavy atom. The maximum absolute atomic E-state index is 11.9. The van der Waals surface area contributed by atoms with Crippen LogP contribution in [0.4, 0.5) is 4.79 Å². The highest BCUT2D eigenvalue weighted by Gasteiger charge is 2.25. The summed E-state index contributed by atoms with van der Waals surface area (Å²) < 4.78 is 11.0. The van der Waals surface area contributed by atoms with E-state index in [9.17, 15) is 4.79 Å². The molecule has 0 bridgehead atoms. The van der Waals surface area contributed by atoms with E-state index >= 15 is 0 Å². The first kappa shape index (κ1) is 27.3. The van der Waals surface area contributed by atoms with Crippen molar-refractivity contribution < 1.29 is 14.3 Å². The van der Waals surface area contributed by atoms with Gasteiger partial charge in [-0.2, -0.15) is 0 Å². The van der Waals surface area contributed by atoms with Gasteiger partial charge in [0.1, 0.15) is 11.4 Å². The minimum Gasteiger partial charge on any atom is -0.494 e. The summed E-state index contributed by atoms with van der Waals surface area (Å²) in [4.78, 5) is 16.3. The monoisotopic (exact) mass is 546 g/mol. The smallest absolute Gasteiger partial charge is 0.407 e. The summed E-state index contributed by atoms with van der Waals surface area (Å²) >= 11 is 0. The molecule has 1 aliphatic carbocycles. The van der Waals surface area contributed by atoms with Crippen LogP contribution in [-0.4, -0.2) is 43.4 Å². The number of nitrogens with zero attached hydrogens (tertiary/aromatic N) is 1. The van der Waals surface area contributed by atoms with E-state index in [1.807, 2.05) is 33.8 Å². The van der Waals surface area contributed by atoms with E-state index in [2.05, 4.69) is 40.0 Å². The van der Waals surface area contributed by atoms with Crippen LogP contribution >= 0.6 is 24.0 Å². The zero-order valence-corrected chi connectivity index (χ0v) is 22.0. The average Bonchev–Trinajstić information content (AvgIpc) is 2.67. The molecule has 7 nitrogen and oxygen atoms in total. The van der Waals surface area contributed by atoms with E-state index in [4.69, 9.17) is 9.47 Å². The van der Waals surface area contributed by atoms with Crippen molar-refractivity contribution in [3.63, 3.8) is 0 Å². The molecule has 0 saturated heterocycles. The fourth-order valence-corrected chi connectivity index (χ4v) is 3.57. The number of amides is 1. The number of nitrogens with one attached hydrogen (secondary N) is 3. The molecule has 1 aromatic carbocycles. The summed E-state index contributed by atoms with van der Waals surface area (Å²) in [5.74, 6) is 1.73. The minimum atomic E-state index is -0.469. The van der Waals surface area contributed by atoms with Gasteiger partial charge in [-0.1, -0.05) is 12.1 Å². The Kier molecular flexibility index (Phi) is 11.4. The first-order chi connectivity index (χ1) is 14.2. The van der Waals surface area contributed by atoms with E-state index in [1.165, 1.54) is 5.56 Å². The first-order valence-electron chi connectivity index (χ1n) is 10.9. The van der Waals surface area contributed by atoms with Crippen molar-refractivity contribution in [2.45, 2.75) is 84.5 Å². The second kappa shape index (κ2) is 13.0. The summed E-state index contributed by atoms with van der Waals surface area (Å²) in [7, 11) is 1.79. The lowest BCUT2D eigenvalue weighted by molar-refractivity contribution is 0.0490. The molecule has 0 unspecified atom stereocenters. The fourth-order valence-electron chi connectivity index (χ4n) is 3.57. The van der Waals surface area contributed by atoms with Crippen LogP contribution in [0.5, 0.6) is 5.75 Å². The maximum Gasteiger partial charge on any atom is 0.407 e. The van der Waals surface area contributed by atoms with E-state index in [-0.39, 0.29) is 36.1 Å². The number of rotatable bonds is 6. The Morgan fingerprint density at radius 1 is 1.13 bits per heavy atom. The van der Waals surface area contributed by atoms with Crippen LogP contribution in [0.25, 0.3) is 0 Å². The summed E-state index contributed by atoms with van der Waals surface area (Å²) in [5, 5.41) is 9.88.